The normalized spacial score (nSPS) is 12.8. The molecular formula is C16H13Cl2NO. The molecule has 0 aliphatic rings. The van der Waals surface area contributed by atoms with Gasteiger partial charge < -0.3 is 10.2 Å². The van der Waals surface area contributed by atoms with Crippen molar-refractivity contribution in [2.75, 3.05) is 0 Å². The lowest BCUT2D eigenvalue weighted by molar-refractivity contribution is 0.524. The molecule has 2 aromatic carbocycles. The fourth-order valence-corrected chi connectivity index (χ4v) is 2.74. The summed E-state index contributed by atoms with van der Waals surface area (Å²) in [5, 5.41) is 2.34. The third-order valence-electron chi connectivity index (χ3n) is 3.37. The molecule has 2 nitrogen and oxygen atoms in total. The molecule has 2 N–H and O–H groups in total. The van der Waals surface area contributed by atoms with Gasteiger partial charge in [-0.1, -0.05) is 29.3 Å². The lowest BCUT2D eigenvalue weighted by atomic mass is 10.00. The van der Waals surface area contributed by atoms with Crippen LogP contribution < -0.4 is 5.73 Å². The van der Waals surface area contributed by atoms with E-state index in [0.29, 0.717) is 15.8 Å². The topological polar surface area (TPSA) is 39.2 Å². The molecule has 0 bridgehead atoms. The first kappa shape index (κ1) is 13.5. The first-order chi connectivity index (χ1) is 9.54. The molecule has 20 heavy (non-hydrogen) atoms. The van der Waals surface area contributed by atoms with Crippen LogP contribution in [0.2, 0.25) is 10.0 Å². The van der Waals surface area contributed by atoms with Crippen LogP contribution >= 0.6 is 23.2 Å². The summed E-state index contributed by atoms with van der Waals surface area (Å²) in [7, 11) is 0. The highest BCUT2D eigenvalue weighted by Crippen LogP contribution is 2.30. The highest BCUT2D eigenvalue weighted by molar-refractivity contribution is 6.31. The Labute approximate surface area is 127 Å². The third-order valence-corrected chi connectivity index (χ3v) is 3.84. The highest BCUT2D eigenvalue weighted by Gasteiger charge is 2.16. The van der Waals surface area contributed by atoms with Gasteiger partial charge in [0.15, 0.2) is 0 Å². The number of aryl methyl sites for hydroxylation is 1. The fourth-order valence-electron chi connectivity index (χ4n) is 2.33. The molecule has 3 rings (SSSR count). The minimum Gasteiger partial charge on any atom is -0.459 e. The number of nitrogens with two attached hydrogens (primary N) is 1. The molecule has 3 aromatic rings. The smallest absolute Gasteiger partial charge is 0.134 e. The van der Waals surface area contributed by atoms with Gasteiger partial charge in [0.1, 0.15) is 11.3 Å². The second kappa shape index (κ2) is 5.13. The van der Waals surface area contributed by atoms with Crippen LogP contribution in [0.1, 0.15) is 22.9 Å². The minimum atomic E-state index is -0.321. The van der Waals surface area contributed by atoms with Gasteiger partial charge in [-0.05, 0) is 54.4 Å². The molecule has 0 spiro atoms. The van der Waals surface area contributed by atoms with Crippen molar-refractivity contribution >= 4 is 34.2 Å². The minimum absolute atomic E-state index is 0.321. The van der Waals surface area contributed by atoms with Gasteiger partial charge in [0.2, 0.25) is 0 Å². The number of benzene rings is 2. The Morgan fingerprint density at radius 3 is 2.45 bits per heavy atom. The molecule has 0 aliphatic heterocycles. The summed E-state index contributed by atoms with van der Waals surface area (Å²) in [4.78, 5) is 0. The molecule has 4 heteroatoms. The van der Waals surface area contributed by atoms with Crippen molar-refractivity contribution in [3.63, 3.8) is 0 Å². The van der Waals surface area contributed by atoms with E-state index in [1.54, 1.807) is 6.07 Å². The molecule has 1 aromatic heterocycles. The van der Waals surface area contributed by atoms with Gasteiger partial charge in [0, 0.05) is 15.4 Å². The molecule has 0 saturated carbocycles. The van der Waals surface area contributed by atoms with E-state index in [9.17, 15) is 0 Å². The summed E-state index contributed by atoms with van der Waals surface area (Å²) in [6.07, 6.45) is 0. The van der Waals surface area contributed by atoms with Crippen LogP contribution in [0.3, 0.4) is 0 Å². The van der Waals surface area contributed by atoms with Gasteiger partial charge in [-0.25, -0.2) is 0 Å². The first-order valence-electron chi connectivity index (χ1n) is 6.25. The predicted octanol–water partition coefficient (Wildman–Crippen LogP) is 5.10. The van der Waals surface area contributed by atoms with Crippen molar-refractivity contribution in [3.8, 4) is 0 Å². The lowest BCUT2D eigenvalue weighted by Crippen LogP contribution is -2.12. The van der Waals surface area contributed by atoms with E-state index in [1.807, 2.05) is 43.3 Å². The molecule has 102 valence electrons. The van der Waals surface area contributed by atoms with Crippen molar-refractivity contribution in [3.05, 3.63) is 69.4 Å². The molecule has 0 aliphatic carbocycles. The van der Waals surface area contributed by atoms with E-state index in [4.69, 9.17) is 33.4 Å². The van der Waals surface area contributed by atoms with Crippen LogP contribution in [0, 0.1) is 6.92 Å². The molecular weight excluding hydrogens is 293 g/mol. The Morgan fingerprint density at radius 1 is 1.00 bits per heavy atom. The fraction of sp³-hybridized carbons (Fsp3) is 0.125. The zero-order chi connectivity index (χ0) is 14.3. The van der Waals surface area contributed by atoms with Gasteiger partial charge in [0.05, 0.1) is 6.04 Å². The molecule has 1 unspecified atom stereocenters. The summed E-state index contributed by atoms with van der Waals surface area (Å²) >= 11 is 11.9. The SMILES string of the molecule is Cc1cc(Cl)ccc1C(N)c1cc2cc(Cl)ccc2o1. The Hall–Kier alpha value is -1.48. The number of halogens is 2. The summed E-state index contributed by atoms with van der Waals surface area (Å²) in [6.45, 7) is 1.99. The van der Waals surface area contributed by atoms with Crippen molar-refractivity contribution in [1.29, 1.82) is 0 Å². The maximum absolute atomic E-state index is 6.30. The average Bonchev–Trinajstić information content (AvgIpc) is 2.81. The third kappa shape index (κ3) is 2.42. The summed E-state index contributed by atoms with van der Waals surface area (Å²) < 4.78 is 5.81. The Balaban J connectivity index is 2.05. The molecule has 1 heterocycles. The van der Waals surface area contributed by atoms with Gasteiger partial charge in [-0.2, -0.15) is 0 Å². The van der Waals surface area contributed by atoms with Crippen molar-refractivity contribution in [2.45, 2.75) is 13.0 Å². The zero-order valence-corrected chi connectivity index (χ0v) is 12.4. The Bertz CT molecular complexity index is 779. The van der Waals surface area contributed by atoms with Crippen LogP contribution in [0.4, 0.5) is 0 Å². The maximum atomic E-state index is 6.30. The number of rotatable bonds is 2. The van der Waals surface area contributed by atoms with E-state index in [1.165, 1.54) is 0 Å². The van der Waals surface area contributed by atoms with Gasteiger partial charge in [0.25, 0.3) is 0 Å². The standard InChI is InChI=1S/C16H13Cl2NO/c1-9-6-11(17)2-4-13(9)16(19)15-8-10-7-12(18)3-5-14(10)20-15/h2-8,16H,19H2,1H3. The van der Waals surface area contributed by atoms with Crippen LogP contribution in [0.5, 0.6) is 0 Å². The van der Waals surface area contributed by atoms with Crippen molar-refractivity contribution in [1.82, 2.24) is 0 Å². The molecule has 0 radical (unpaired) electrons. The molecule has 0 fully saturated rings. The highest BCUT2D eigenvalue weighted by atomic mass is 35.5. The van der Waals surface area contributed by atoms with E-state index >= 15 is 0 Å². The summed E-state index contributed by atoms with van der Waals surface area (Å²) in [6, 6.07) is 12.8. The van der Waals surface area contributed by atoms with Gasteiger partial charge >= 0.3 is 0 Å². The van der Waals surface area contributed by atoms with Crippen molar-refractivity contribution in [2.24, 2.45) is 5.73 Å². The van der Waals surface area contributed by atoms with Crippen LogP contribution in [0.15, 0.2) is 46.9 Å². The number of furan rings is 1. The monoisotopic (exact) mass is 305 g/mol. The zero-order valence-electron chi connectivity index (χ0n) is 10.9. The van der Waals surface area contributed by atoms with E-state index in [-0.39, 0.29) is 6.04 Å². The number of hydrogen-bond acceptors (Lipinski definition) is 2. The van der Waals surface area contributed by atoms with Gasteiger partial charge in [-0.15, -0.1) is 0 Å². The molecule has 0 amide bonds. The van der Waals surface area contributed by atoms with Crippen LogP contribution in [0.25, 0.3) is 11.0 Å². The molecule has 1 atom stereocenters. The Morgan fingerprint density at radius 2 is 1.70 bits per heavy atom. The second-order valence-corrected chi connectivity index (χ2v) is 5.68. The van der Waals surface area contributed by atoms with Crippen LogP contribution in [-0.2, 0) is 0 Å². The van der Waals surface area contributed by atoms with Crippen LogP contribution in [-0.4, -0.2) is 0 Å². The van der Waals surface area contributed by atoms with E-state index in [2.05, 4.69) is 0 Å². The van der Waals surface area contributed by atoms with Gasteiger partial charge in [-0.3, -0.25) is 0 Å². The quantitative estimate of drug-likeness (QED) is 0.715. The average molecular weight is 306 g/mol. The second-order valence-electron chi connectivity index (χ2n) is 4.81. The van der Waals surface area contributed by atoms with E-state index in [0.717, 1.165) is 22.1 Å². The van der Waals surface area contributed by atoms with E-state index < -0.39 is 0 Å². The maximum Gasteiger partial charge on any atom is 0.134 e. The first-order valence-corrected chi connectivity index (χ1v) is 7.01. The molecule has 0 saturated heterocycles. The number of fused-ring (bicyclic) bond motifs is 1. The predicted molar refractivity (Wildman–Crippen MR) is 83.4 cm³/mol. The summed E-state index contributed by atoms with van der Waals surface area (Å²) in [5.74, 6) is 0.715. The Kier molecular flexibility index (Phi) is 3.47. The summed E-state index contributed by atoms with van der Waals surface area (Å²) in [5.41, 5.74) is 9.13. The largest absolute Gasteiger partial charge is 0.459 e. The number of hydrogen-bond donors (Lipinski definition) is 1. The lowest BCUT2D eigenvalue weighted by Gasteiger charge is -2.12. The van der Waals surface area contributed by atoms with Crippen molar-refractivity contribution < 1.29 is 4.42 Å².